The minimum atomic E-state index is -0.708. The number of aliphatic hydroxyl groups is 1. The predicted octanol–water partition coefficient (Wildman–Crippen LogP) is 4.46. The highest BCUT2D eigenvalue weighted by molar-refractivity contribution is 9.10. The first kappa shape index (κ1) is 15.1. The van der Waals surface area contributed by atoms with Gasteiger partial charge in [0.2, 0.25) is 0 Å². The Kier molecular flexibility index (Phi) is 4.51. The van der Waals surface area contributed by atoms with Gasteiger partial charge in [-0.1, -0.05) is 34.1 Å². The molecule has 0 aliphatic rings. The van der Waals surface area contributed by atoms with Crippen LogP contribution in [0.1, 0.15) is 33.9 Å². The van der Waals surface area contributed by atoms with E-state index in [0.717, 1.165) is 38.0 Å². The summed E-state index contributed by atoms with van der Waals surface area (Å²) in [5.74, 6) is 0.725. The highest BCUT2D eigenvalue weighted by Crippen LogP contribution is 2.36. The molecule has 2 aromatic carbocycles. The van der Waals surface area contributed by atoms with E-state index in [-0.39, 0.29) is 0 Å². The second-order valence-electron chi connectivity index (χ2n) is 5.13. The van der Waals surface area contributed by atoms with Crippen molar-refractivity contribution in [1.29, 1.82) is 0 Å². The standard InChI is InChI=1S/C17H19BrO2/c1-10-5-6-13(14(18)8-10)17(19)16-12(3)7-11(2)9-15(16)20-4/h5-9,17,19H,1-4H3. The third-order valence-corrected chi connectivity index (χ3v) is 4.12. The highest BCUT2D eigenvalue weighted by Gasteiger charge is 2.20. The van der Waals surface area contributed by atoms with E-state index in [4.69, 9.17) is 4.74 Å². The highest BCUT2D eigenvalue weighted by atomic mass is 79.9. The van der Waals surface area contributed by atoms with Gasteiger partial charge in [0.15, 0.2) is 0 Å². The molecule has 2 aromatic rings. The molecule has 0 fully saturated rings. The largest absolute Gasteiger partial charge is 0.496 e. The van der Waals surface area contributed by atoms with Gasteiger partial charge in [0.25, 0.3) is 0 Å². The van der Waals surface area contributed by atoms with E-state index >= 15 is 0 Å². The number of halogens is 1. The van der Waals surface area contributed by atoms with E-state index in [1.165, 1.54) is 0 Å². The van der Waals surface area contributed by atoms with Crippen molar-refractivity contribution >= 4 is 15.9 Å². The summed E-state index contributed by atoms with van der Waals surface area (Å²) in [4.78, 5) is 0. The second kappa shape index (κ2) is 5.98. The summed E-state index contributed by atoms with van der Waals surface area (Å²) >= 11 is 3.53. The van der Waals surface area contributed by atoms with E-state index in [0.29, 0.717) is 0 Å². The summed E-state index contributed by atoms with van der Waals surface area (Å²) in [6.45, 7) is 6.04. The maximum absolute atomic E-state index is 10.7. The van der Waals surface area contributed by atoms with Gasteiger partial charge < -0.3 is 9.84 Å². The minimum absolute atomic E-state index is 0.708. The molecule has 106 valence electrons. The van der Waals surface area contributed by atoms with E-state index in [1.807, 2.05) is 45.0 Å². The van der Waals surface area contributed by atoms with Crippen LogP contribution >= 0.6 is 15.9 Å². The zero-order chi connectivity index (χ0) is 14.9. The first-order valence-electron chi connectivity index (χ1n) is 6.53. The van der Waals surface area contributed by atoms with Gasteiger partial charge in [-0.25, -0.2) is 0 Å². The second-order valence-corrected chi connectivity index (χ2v) is 5.98. The summed E-state index contributed by atoms with van der Waals surface area (Å²) in [6.07, 6.45) is -0.708. The number of ether oxygens (including phenoxy) is 1. The third-order valence-electron chi connectivity index (χ3n) is 3.44. The Hall–Kier alpha value is -1.32. The number of benzene rings is 2. The molecule has 1 N–H and O–H groups in total. The number of aryl methyl sites for hydroxylation is 3. The molecule has 0 heterocycles. The van der Waals surface area contributed by atoms with Gasteiger partial charge in [-0.2, -0.15) is 0 Å². The molecule has 2 nitrogen and oxygen atoms in total. The Morgan fingerprint density at radius 1 is 1.05 bits per heavy atom. The topological polar surface area (TPSA) is 29.5 Å². The average Bonchev–Trinajstić information content (AvgIpc) is 2.37. The molecular formula is C17H19BrO2. The van der Waals surface area contributed by atoms with Crippen molar-refractivity contribution in [3.63, 3.8) is 0 Å². The van der Waals surface area contributed by atoms with Crippen molar-refractivity contribution in [3.8, 4) is 5.75 Å². The molecule has 0 aromatic heterocycles. The summed E-state index contributed by atoms with van der Waals surface area (Å²) in [7, 11) is 1.63. The van der Waals surface area contributed by atoms with Gasteiger partial charge in [-0.05, 0) is 55.2 Å². The lowest BCUT2D eigenvalue weighted by Crippen LogP contribution is -2.06. The Balaban J connectivity index is 2.55. The van der Waals surface area contributed by atoms with Crippen molar-refractivity contribution in [2.24, 2.45) is 0 Å². The van der Waals surface area contributed by atoms with Gasteiger partial charge in [0.05, 0.1) is 7.11 Å². The molecule has 0 spiro atoms. The first-order valence-corrected chi connectivity index (χ1v) is 7.32. The first-order chi connectivity index (χ1) is 9.43. The number of methoxy groups -OCH3 is 1. The fourth-order valence-electron chi connectivity index (χ4n) is 2.47. The molecule has 0 aliphatic carbocycles. The van der Waals surface area contributed by atoms with Gasteiger partial charge >= 0.3 is 0 Å². The van der Waals surface area contributed by atoms with Gasteiger partial charge in [0, 0.05) is 10.0 Å². The normalized spacial score (nSPS) is 12.3. The predicted molar refractivity (Wildman–Crippen MR) is 85.4 cm³/mol. The SMILES string of the molecule is COc1cc(C)cc(C)c1C(O)c1ccc(C)cc1Br. The van der Waals surface area contributed by atoms with E-state index in [9.17, 15) is 5.11 Å². The summed E-state index contributed by atoms with van der Waals surface area (Å²) in [5.41, 5.74) is 4.98. The van der Waals surface area contributed by atoms with E-state index in [2.05, 4.69) is 22.0 Å². The molecule has 3 heteroatoms. The van der Waals surface area contributed by atoms with Crippen LogP contribution < -0.4 is 4.74 Å². The van der Waals surface area contributed by atoms with Crippen LogP contribution in [-0.4, -0.2) is 12.2 Å². The molecule has 0 aliphatic heterocycles. The van der Waals surface area contributed by atoms with Crippen LogP contribution in [0.25, 0.3) is 0 Å². The molecule has 2 rings (SSSR count). The fraction of sp³-hybridized carbons (Fsp3) is 0.294. The number of hydrogen-bond acceptors (Lipinski definition) is 2. The molecule has 20 heavy (non-hydrogen) atoms. The smallest absolute Gasteiger partial charge is 0.125 e. The maximum atomic E-state index is 10.7. The Morgan fingerprint density at radius 3 is 2.35 bits per heavy atom. The van der Waals surface area contributed by atoms with Crippen molar-refractivity contribution in [2.75, 3.05) is 7.11 Å². The van der Waals surface area contributed by atoms with Crippen LogP contribution in [0.15, 0.2) is 34.8 Å². The number of hydrogen-bond donors (Lipinski definition) is 1. The zero-order valence-corrected chi connectivity index (χ0v) is 13.8. The summed E-state index contributed by atoms with van der Waals surface area (Å²) in [6, 6.07) is 9.97. The van der Waals surface area contributed by atoms with Crippen molar-refractivity contribution in [3.05, 3.63) is 62.6 Å². The van der Waals surface area contributed by atoms with Crippen molar-refractivity contribution in [1.82, 2.24) is 0 Å². The Labute approximate surface area is 128 Å². The van der Waals surface area contributed by atoms with Crippen molar-refractivity contribution in [2.45, 2.75) is 26.9 Å². The molecule has 0 radical (unpaired) electrons. The third kappa shape index (κ3) is 2.89. The van der Waals surface area contributed by atoms with E-state index in [1.54, 1.807) is 7.11 Å². The summed E-state index contributed by atoms with van der Waals surface area (Å²) < 4.78 is 6.35. The lowest BCUT2D eigenvalue weighted by atomic mass is 9.94. The Bertz CT molecular complexity index is 635. The van der Waals surface area contributed by atoms with Crippen LogP contribution in [0, 0.1) is 20.8 Å². The van der Waals surface area contributed by atoms with Crippen LogP contribution in [0.2, 0.25) is 0 Å². The van der Waals surface area contributed by atoms with Gasteiger partial charge in [-0.15, -0.1) is 0 Å². The van der Waals surface area contributed by atoms with Crippen LogP contribution in [0.4, 0.5) is 0 Å². The minimum Gasteiger partial charge on any atom is -0.496 e. The molecule has 1 unspecified atom stereocenters. The summed E-state index contributed by atoms with van der Waals surface area (Å²) in [5, 5.41) is 10.7. The molecular weight excluding hydrogens is 316 g/mol. The molecule has 1 atom stereocenters. The lowest BCUT2D eigenvalue weighted by molar-refractivity contribution is 0.213. The zero-order valence-electron chi connectivity index (χ0n) is 12.2. The average molecular weight is 335 g/mol. The maximum Gasteiger partial charge on any atom is 0.125 e. The van der Waals surface area contributed by atoms with Crippen molar-refractivity contribution < 1.29 is 9.84 Å². The Morgan fingerprint density at radius 2 is 1.75 bits per heavy atom. The van der Waals surface area contributed by atoms with Crippen LogP contribution in [0.3, 0.4) is 0 Å². The molecule has 0 amide bonds. The molecule has 0 saturated carbocycles. The van der Waals surface area contributed by atoms with Crippen LogP contribution in [0.5, 0.6) is 5.75 Å². The monoisotopic (exact) mass is 334 g/mol. The molecule has 0 bridgehead atoms. The van der Waals surface area contributed by atoms with Crippen LogP contribution in [-0.2, 0) is 0 Å². The van der Waals surface area contributed by atoms with Gasteiger partial charge in [0.1, 0.15) is 11.9 Å². The fourth-order valence-corrected chi connectivity index (χ4v) is 3.18. The number of aliphatic hydroxyl groups excluding tert-OH is 1. The lowest BCUT2D eigenvalue weighted by Gasteiger charge is -2.20. The number of rotatable bonds is 3. The molecule has 0 saturated heterocycles. The quantitative estimate of drug-likeness (QED) is 0.897. The van der Waals surface area contributed by atoms with Gasteiger partial charge in [-0.3, -0.25) is 0 Å². The van der Waals surface area contributed by atoms with E-state index < -0.39 is 6.10 Å².